The van der Waals surface area contributed by atoms with Crippen LogP contribution in [0.15, 0.2) is 72.5 Å². The summed E-state index contributed by atoms with van der Waals surface area (Å²) in [7, 11) is 0. The highest BCUT2D eigenvalue weighted by molar-refractivity contribution is 7.16. The third kappa shape index (κ3) is 4.15. The van der Waals surface area contributed by atoms with Crippen molar-refractivity contribution >= 4 is 33.1 Å². The Bertz CT molecular complexity index is 1410. The number of fused-ring (bicyclic) bond motifs is 1. The van der Waals surface area contributed by atoms with Crippen molar-refractivity contribution in [1.82, 2.24) is 19.9 Å². The van der Waals surface area contributed by atoms with Gasteiger partial charge in [-0.1, -0.05) is 24.3 Å². The van der Waals surface area contributed by atoms with Crippen molar-refractivity contribution < 1.29 is 0 Å². The Labute approximate surface area is 190 Å². The van der Waals surface area contributed by atoms with E-state index in [4.69, 9.17) is 5.73 Å². The number of nitrogens with one attached hydrogen (secondary N) is 1. The van der Waals surface area contributed by atoms with E-state index in [1.54, 1.807) is 17.5 Å². The van der Waals surface area contributed by atoms with Crippen molar-refractivity contribution in [3.8, 4) is 22.4 Å². The van der Waals surface area contributed by atoms with Crippen molar-refractivity contribution in [2.24, 2.45) is 0 Å². The highest BCUT2D eigenvalue weighted by Gasteiger charge is 2.11. The summed E-state index contributed by atoms with van der Waals surface area (Å²) >= 11 is 1.63. The van der Waals surface area contributed by atoms with Gasteiger partial charge in [-0.25, -0.2) is 15.0 Å². The number of thiazole rings is 1. The van der Waals surface area contributed by atoms with E-state index in [-0.39, 0.29) is 6.04 Å². The van der Waals surface area contributed by atoms with Crippen molar-refractivity contribution in [3.63, 3.8) is 0 Å². The molecule has 0 saturated heterocycles. The average Bonchev–Trinajstić information content (AvgIpc) is 3.27. The molecule has 0 aliphatic carbocycles. The van der Waals surface area contributed by atoms with Gasteiger partial charge in [0.1, 0.15) is 11.6 Å². The van der Waals surface area contributed by atoms with Crippen LogP contribution in [0.25, 0.3) is 32.6 Å². The quantitative estimate of drug-likeness (QED) is 0.356. The number of rotatable bonds is 5. The molecule has 7 heteroatoms. The Morgan fingerprint density at radius 3 is 2.72 bits per heavy atom. The van der Waals surface area contributed by atoms with Gasteiger partial charge < -0.3 is 11.1 Å². The summed E-state index contributed by atoms with van der Waals surface area (Å²) in [5.74, 6) is 1.52. The second-order valence-electron chi connectivity index (χ2n) is 7.72. The van der Waals surface area contributed by atoms with Gasteiger partial charge in [-0.2, -0.15) is 0 Å². The lowest BCUT2D eigenvalue weighted by Crippen LogP contribution is -2.09. The number of nitrogens with zero attached hydrogens (tertiary/aromatic N) is 4. The molecule has 1 unspecified atom stereocenters. The molecule has 6 nitrogen and oxygen atoms in total. The first-order valence-corrected chi connectivity index (χ1v) is 11.2. The van der Waals surface area contributed by atoms with Gasteiger partial charge in [0, 0.05) is 35.6 Å². The fourth-order valence-corrected chi connectivity index (χ4v) is 4.43. The maximum atomic E-state index is 5.90. The zero-order chi connectivity index (χ0) is 22.1. The molecule has 3 N–H and O–H groups in total. The van der Waals surface area contributed by atoms with Crippen LogP contribution in [-0.2, 0) is 0 Å². The van der Waals surface area contributed by atoms with Gasteiger partial charge in [-0.3, -0.25) is 4.98 Å². The van der Waals surface area contributed by atoms with Gasteiger partial charge in [0.25, 0.3) is 0 Å². The number of hydrogen-bond donors (Lipinski definition) is 2. The van der Waals surface area contributed by atoms with E-state index in [9.17, 15) is 0 Å². The van der Waals surface area contributed by atoms with Gasteiger partial charge in [0.2, 0.25) is 0 Å². The minimum Gasteiger partial charge on any atom is -0.397 e. The lowest BCUT2D eigenvalue weighted by atomic mass is 10.0. The molecule has 0 aliphatic rings. The van der Waals surface area contributed by atoms with Crippen LogP contribution in [0.3, 0.4) is 0 Å². The fourth-order valence-electron chi connectivity index (χ4n) is 3.71. The zero-order valence-electron chi connectivity index (χ0n) is 17.8. The molecule has 0 spiro atoms. The molecular weight excluding hydrogens is 416 g/mol. The Hall–Kier alpha value is -3.84. The van der Waals surface area contributed by atoms with Gasteiger partial charge in [0.15, 0.2) is 0 Å². The Morgan fingerprint density at radius 2 is 1.84 bits per heavy atom. The van der Waals surface area contributed by atoms with Crippen LogP contribution in [0, 0.1) is 6.92 Å². The molecule has 0 aliphatic heterocycles. The third-order valence-corrected chi connectivity index (χ3v) is 6.10. The molecule has 3 aromatic heterocycles. The molecule has 0 fully saturated rings. The highest BCUT2D eigenvalue weighted by atomic mass is 32.1. The number of aryl methyl sites for hydroxylation is 1. The molecule has 0 bridgehead atoms. The van der Waals surface area contributed by atoms with E-state index in [1.807, 2.05) is 42.9 Å². The number of hydrogen-bond acceptors (Lipinski definition) is 7. The van der Waals surface area contributed by atoms with Crippen LogP contribution in [-0.4, -0.2) is 19.9 Å². The molecule has 158 valence electrons. The summed E-state index contributed by atoms with van der Waals surface area (Å²) in [5.41, 5.74) is 14.6. The topological polar surface area (TPSA) is 89.6 Å². The molecule has 3 heterocycles. The lowest BCUT2D eigenvalue weighted by Gasteiger charge is -2.17. The van der Waals surface area contributed by atoms with E-state index in [2.05, 4.69) is 62.5 Å². The van der Waals surface area contributed by atoms with Crippen molar-refractivity contribution in [2.75, 3.05) is 11.1 Å². The van der Waals surface area contributed by atoms with E-state index < -0.39 is 0 Å². The second kappa shape index (κ2) is 8.36. The minimum atomic E-state index is 0.0510. The third-order valence-electron chi connectivity index (χ3n) is 5.31. The molecule has 2 aromatic carbocycles. The predicted molar refractivity (Wildman–Crippen MR) is 132 cm³/mol. The van der Waals surface area contributed by atoms with Crippen molar-refractivity contribution in [2.45, 2.75) is 19.9 Å². The van der Waals surface area contributed by atoms with Crippen LogP contribution in [0.2, 0.25) is 0 Å². The maximum Gasteiger partial charge on any atom is 0.130 e. The van der Waals surface area contributed by atoms with Gasteiger partial charge in [-0.15, -0.1) is 11.3 Å². The van der Waals surface area contributed by atoms with Crippen LogP contribution >= 0.6 is 11.3 Å². The summed E-state index contributed by atoms with van der Waals surface area (Å²) in [6.07, 6.45) is 3.48. The molecule has 0 radical (unpaired) electrons. The molecule has 5 rings (SSSR count). The van der Waals surface area contributed by atoms with Gasteiger partial charge in [-0.05, 0) is 49.2 Å². The van der Waals surface area contributed by atoms with E-state index >= 15 is 0 Å². The standard InChI is InChI=1S/C25H22N6S/c1-15(17-4-3-5-18(8-17)20-9-21(26)13-27-12-20)29-25-11-23(30-16(2)31-25)19-6-7-22-24(10-19)32-14-28-22/h3-15H,26H2,1-2H3,(H,29,30,31). The molecular formula is C25H22N6S. The predicted octanol–water partition coefficient (Wildman–Crippen LogP) is 5.88. The smallest absolute Gasteiger partial charge is 0.130 e. The normalized spacial score (nSPS) is 12.1. The Balaban J connectivity index is 1.42. The lowest BCUT2D eigenvalue weighted by molar-refractivity contribution is 0.868. The monoisotopic (exact) mass is 438 g/mol. The number of nitrogens with two attached hydrogens (primary N) is 1. The summed E-state index contributed by atoms with van der Waals surface area (Å²) in [6, 6.07) is 18.6. The number of benzene rings is 2. The zero-order valence-corrected chi connectivity index (χ0v) is 18.6. The molecule has 32 heavy (non-hydrogen) atoms. The van der Waals surface area contributed by atoms with E-state index in [1.165, 1.54) is 0 Å². The summed E-state index contributed by atoms with van der Waals surface area (Å²) in [6.45, 7) is 4.04. The fraction of sp³-hybridized carbons (Fsp3) is 0.120. The first-order chi connectivity index (χ1) is 15.5. The highest BCUT2D eigenvalue weighted by Crippen LogP contribution is 2.29. The maximum absolute atomic E-state index is 5.90. The Morgan fingerprint density at radius 1 is 0.938 bits per heavy atom. The summed E-state index contributed by atoms with van der Waals surface area (Å²) < 4.78 is 1.15. The van der Waals surface area contributed by atoms with Crippen molar-refractivity contribution in [3.05, 3.63) is 83.9 Å². The van der Waals surface area contributed by atoms with Crippen LogP contribution in [0.5, 0.6) is 0 Å². The second-order valence-corrected chi connectivity index (χ2v) is 8.61. The van der Waals surface area contributed by atoms with E-state index in [0.717, 1.165) is 49.8 Å². The number of anilines is 2. The van der Waals surface area contributed by atoms with Crippen LogP contribution in [0.4, 0.5) is 11.5 Å². The van der Waals surface area contributed by atoms with Gasteiger partial charge >= 0.3 is 0 Å². The first kappa shape index (κ1) is 20.1. The molecule has 0 amide bonds. The Kier molecular flexibility index (Phi) is 5.25. The van der Waals surface area contributed by atoms with Crippen LogP contribution in [0.1, 0.15) is 24.4 Å². The number of aromatic nitrogens is 4. The molecule has 1 atom stereocenters. The number of pyridine rings is 1. The summed E-state index contributed by atoms with van der Waals surface area (Å²) in [5, 5.41) is 3.53. The first-order valence-electron chi connectivity index (χ1n) is 10.3. The van der Waals surface area contributed by atoms with Gasteiger partial charge in [0.05, 0.1) is 27.1 Å². The van der Waals surface area contributed by atoms with E-state index in [0.29, 0.717) is 5.69 Å². The average molecular weight is 439 g/mol. The minimum absolute atomic E-state index is 0.0510. The SMILES string of the molecule is Cc1nc(NC(C)c2cccc(-c3cncc(N)c3)c2)cc(-c2ccc3ncsc3c2)n1. The largest absolute Gasteiger partial charge is 0.397 e. The number of nitrogen functional groups attached to an aromatic ring is 1. The molecule has 5 aromatic rings. The molecule has 0 saturated carbocycles. The summed E-state index contributed by atoms with van der Waals surface area (Å²) in [4.78, 5) is 17.8. The van der Waals surface area contributed by atoms with Crippen molar-refractivity contribution in [1.29, 1.82) is 0 Å². The van der Waals surface area contributed by atoms with Crippen LogP contribution < -0.4 is 11.1 Å².